The Morgan fingerprint density at radius 3 is 2.44 bits per heavy atom. The van der Waals surface area contributed by atoms with Crippen LogP contribution in [0.15, 0.2) is 12.1 Å². The molecular weight excluding hydrogens is 257 g/mol. The Kier molecular flexibility index (Phi) is 4.27. The van der Waals surface area contributed by atoms with Crippen LogP contribution < -0.4 is 4.74 Å². The van der Waals surface area contributed by atoms with E-state index in [4.69, 9.17) is 5.11 Å². The first kappa shape index (κ1) is 14.0. The number of carboxylic acid groups (broad SMARTS) is 1. The Labute approximate surface area is 98.4 Å². The molecule has 0 spiro atoms. The standard InChI is InChI=1S/C10H7F3O5/c11-5-1-2-6(18-10(12)13)7(4(5)3-14)8(15)9(16)17/h1-3,8,10,15H,(H,16,17). The minimum atomic E-state index is -3.31. The first-order chi connectivity index (χ1) is 8.38. The Hall–Kier alpha value is -2.09. The quantitative estimate of drug-likeness (QED) is 0.784. The van der Waals surface area contributed by atoms with Gasteiger partial charge in [0.05, 0.1) is 5.56 Å². The van der Waals surface area contributed by atoms with E-state index in [9.17, 15) is 27.9 Å². The molecule has 0 aliphatic carbocycles. The minimum Gasteiger partial charge on any atom is -0.479 e. The number of carbonyl (C=O) groups excluding carboxylic acids is 1. The van der Waals surface area contributed by atoms with Gasteiger partial charge < -0.3 is 14.9 Å². The van der Waals surface area contributed by atoms with E-state index < -0.39 is 41.4 Å². The van der Waals surface area contributed by atoms with Gasteiger partial charge in [0.15, 0.2) is 12.4 Å². The van der Waals surface area contributed by atoms with Gasteiger partial charge in [-0.15, -0.1) is 0 Å². The molecule has 18 heavy (non-hydrogen) atoms. The predicted octanol–water partition coefficient (Wildman–Crippen LogP) is 1.36. The van der Waals surface area contributed by atoms with Crippen molar-refractivity contribution in [1.29, 1.82) is 0 Å². The van der Waals surface area contributed by atoms with Gasteiger partial charge in [0, 0.05) is 5.56 Å². The number of hydrogen-bond acceptors (Lipinski definition) is 4. The molecule has 1 unspecified atom stereocenters. The van der Waals surface area contributed by atoms with Gasteiger partial charge >= 0.3 is 12.6 Å². The van der Waals surface area contributed by atoms with Gasteiger partial charge in [0.1, 0.15) is 11.6 Å². The largest absolute Gasteiger partial charge is 0.479 e. The van der Waals surface area contributed by atoms with Crippen LogP contribution in [0.25, 0.3) is 0 Å². The van der Waals surface area contributed by atoms with E-state index in [0.29, 0.717) is 12.1 Å². The summed E-state index contributed by atoms with van der Waals surface area (Å²) in [4.78, 5) is 21.2. The van der Waals surface area contributed by atoms with E-state index in [1.54, 1.807) is 0 Å². The van der Waals surface area contributed by atoms with Crippen molar-refractivity contribution in [1.82, 2.24) is 0 Å². The number of carboxylic acids is 1. The molecule has 0 aliphatic heterocycles. The fraction of sp³-hybridized carbons (Fsp3) is 0.200. The lowest BCUT2D eigenvalue weighted by molar-refractivity contribution is -0.147. The Balaban J connectivity index is 3.43. The van der Waals surface area contributed by atoms with Gasteiger partial charge in [0.25, 0.3) is 0 Å². The summed E-state index contributed by atoms with van der Waals surface area (Å²) in [5, 5.41) is 17.9. The highest BCUT2D eigenvalue weighted by atomic mass is 19.3. The fourth-order valence-electron chi connectivity index (χ4n) is 1.31. The lowest BCUT2D eigenvalue weighted by Crippen LogP contribution is -2.16. The van der Waals surface area contributed by atoms with Crippen molar-refractivity contribution in [3.05, 3.63) is 29.1 Å². The summed E-state index contributed by atoms with van der Waals surface area (Å²) >= 11 is 0. The number of aliphatic carboxylic acids is 1. The number of aliphatic hydroxyl groups is 1. The van der Waals surface area contributed by atoms with Gasteiger partial charge in [-0.25, -0.2) is 9.18 Å². The number of benzene rings is 1. The second-order valence-corrected chi connectivity index (χ2v) is 3.11. The molecule has 0 fully saturated rings. The maximum absolute atomic E-state index is 13.2. The lowest BCUT2D eigenvalue weighted by atomic mass is 10.0. The molecule has 5 nitrogen and oxygen atoms in total. The topological polar surface area (TPSA) is 83.8 Å². The van der Waals surface area contributed by atoms with Crippen molar-refractivity contribution in [2.24, 2.45) is 0 Å². The van der Waals surface area contributed by atoms with Gasteiger partial charge in [0.2, 0.25) is 0 Å². The number of rotatable bonds is 5. The molecule has 0 heterocycles. The molecule has 8 heteroatoms. The average molecular weight is 264 g/mol. The third-order valence-electron chi connectivity index (χ3n) is 2.04. The summed E-state index contributed by atoms with van der Waals surface area (Å²) < 4.78 is 41.3. The molecule has 0 bridgehead atoms. The summed E-state index contributed by atoms with van der Waals surface area (Å²) in [7, 11) is 0. The summed E-state index contributed by atoms with van der Waals surface area (Å²) in [6.07, 6.45) is -2.44. The number of alkyl halides is 2. The summed E-state index contributed by atoms with van der Waals surface area (Å²) in [6, 6.07) is 1.36. The molecule has 2 N–H and O–H groups in total. The smallest absolute Gasteiger partial charge is 0.387 e. The van der Waals surface area contributed by atoms with Crippen LogP contribution in [-0.2, 0) is 4.79 Å². The van der Waals surface area contributed by atoms with Gasteiger partial charge in [-0.2, -0.15) is 8.78 Å². The molecule has 0 saturated carbocycles. The normalized spacial score (nSPS) is 12.3. The van der Waals surface area contributed by atoms with Crippen LogP contribution in [0.2, 0.25) is 0 Å². The molecule has 0 saturated heterocycles. The Morgan fingerprint density at radius 1 is 1.39 bits per heavy atom. The molecule has 1 atom stereocenters. The fourth-order valence-corrected chi connectivity index (χ4v) is 1.31. The Morgan fingerprint density at radius 2 is 2.00 bits per heavy atom. The molecule has 1 aromatic carbocycles. The molecule has 0 radical (unpaired) electrons. The van der Waals surface area contributed by atoms with Crippen molar-refractivity contribution in [3.8, 4) is 5.75 Å². The monoisotopic (exact) mass is 264 g/mol. The van der Waals surface area contributed by atoms with E-state index >= 15 is 0 Å². The molecule has 0 amide bonds. The minimum absolute atomic E-state index is 0.0881. The van der Waals surface area contributed by atoms with Crippen molar-refractivity contribution < 1.29 is 37.7 Å². The van der Waals surface area contributed by atoms with Crippen LogP contribution >= 0.6 is 0 Å². The van der Waals surface area contributed by atoms with Crippen molar-refractivity contribution in [2.45, 2.75) is 12.7 Å². The number of aldehydes is 1. The molecule has 1 rings (SSSR count). The van der Waals surface area contributed by atoms with E-state index in [0.717, 1.165) is 0 Å². The highest BCUT2D eigenvalue weighted by Crippen LogP contribution is 2.31. The van der Waals surface area contributed by atoms with Gasteiger partial charge in [-0.3, -0.25) is 4.79 Å². The third-order valence-corrected chi connectivity index (χ3v) is 2.04. The van der Waals surface area contributed by atoms with E-state index in [1.807, 2.05) is 0 Å². The Bertz CT molecular complexity index is 475. The zero-order valence-electron chi connectivity index (χ0n) is 8.64. The van der Waals surface area contributed by atoms with Crippen molar-refractivity contribution >= 4 is 12.3 Å². The van der Waals surface area contributed by atoms with E-state index in [1.165, 1.54) is 0 Å². The maximum atomic E-state index is 13.2. The second-order valence-electron chi connectivity index (χ2n) is 3.11. The number of hydrogen-bond donors (Lipinski definition) is 2. The van der Waals surface area contributed by atoms with Gasteiger partial charge in [-0.05, 0) is 12.1 Å². The molecular formula is C10H7F3O5. The number of carbonyl (C=O) groups is 2. The van der Waals surface area contributed by atoms with Gasteiger partial charge in [-0.1, -0.05) is 0 Å². The lowest BCUT2D eigenvalue weighted by Gasteiger charge is -2.15. The predicted molar refractivity (Wildman–Crippen MR) is 51.0 cm³/mol. The zero-order chi connectivity index (χ0) is 13.9. The van der Waals surface area contributed by atoms with E-state index in [2.05, 4.69) is 4.74 Å². The van der Waals surface area contributed by atoms with Crippen LogP contribution in [0.3, 0.4) is 0 Å². The van der Waals surface area contributed by atoms with E-state index in [-0.39, 0.29) is 6.29 Å². The number of halogens is 3. The van der Waals surface area contributed by atoms with Crippen LogP contribution in [-0.4, -0.2) is 29.1 Å². The molecule has 98 valence electrons. The van der Waals surface area contributed by atoms with Crippen LogP contribution in [0, 0.1) is 5.82 Å². The van der Waals surface area contributed by atoms with Crippen LogP contribution in [0.1, 0.15) is 22.0 Å². The first-order valence-electron chi connectivity index (χ1n) is 4.51. The highest BCUT2D eigenvalue weighted by Gasteiger charge is 2.27. The third kappa shape index (κ3) is 2.77. The average Bonchev–Trinajstić information content (AvgIpc) is 2.29. The zero-order valence-corrected chi connectivity index (χ0v) is 8.64. The number of ether oxygens (including phenoxy) is 1. The molecule has 0 aliphatic rings. The van der Waals surface area contributed by atoms with Crippen molar-refractivity contribution in [2.75, 3.05) is 0 Å². The highest BCUT2D eigenvalue weighted by molar-refractivity contribution is 5.85. The molecule has 1 aromatic rings. The number of aliphatic hydroxyl groups excluding tert-OH is 1. The maximum Gasteiger partial charge on any atom is 0.387 e. The van der Waals surface area contributed by atoms with Crippen LogP contribution in [0.5, 0.6) is 5.75 Å². The van der Waals surface area contributed by atoms with Crippen LogP contribution in [0.4, 0.5) is 13.2 Å². The SMILES string of the molecule is O=Cc1c(F)ccc(OC(F)F)c1C(O)C(=O)O. The second kappa shape index (κ2) is 5.50. The molecule has 0 aromatic heterocycles. The summed E-state index contributed by atoms with van der Waals surface area (Å²) in [5.41, 5.74) is -1.69. The first-order valence-corrected chi connectivity index (χ1v) is 4.51. The van der Waals surface area contributed by atoms with Crippen molar-refractivity contribution in [3.63, 3.8) is 0 Å². The summed E-state index contributed by atoms with van der Waals surface area (Å²) in [6.45, 7) is -3.31. The summed E-state index contributed by atoms with van der Waals surface area (Å²) in [5.74, 6) is -3.76.